The third-order valence-electron chi connectivity index (χ3n) is 1.37. The van der Waals surface area contributed by atoms with Gasteiger partial charge in [-0.25, -0.2) is 4.57 Å². The standard InChI is InChI=1S/C6H12NO8P/c1-3(15-16(11,12)13)5(6(9)10)7-14-4(2)8/h3,5,7H,1-2H3,(H,9,10)(H2,11,12,13)/t3-,5+/m1/s1. The zero-order valence-corrected chi connectivity index (χ0v) is 9.38. The molecule has 0 bridgehead atoms. The molecule has 0 aliphatic rings. The maximum atomic E-state index is 10.7. The Kier molecular flexibility index (Phi) is 5.56. The number of nitrogens with one attached hydrogen (secondary N) is 1. The molecule has 10 heteroatoms. The Labute approximate surface area is 90.6 Å². The lowest BCUT2D eigenvalue weighted by molar-refractivity contribution is -0.158. The molecule has 2 atom stereocenters. The van der Waals surface area contributed by atoms with Gasteiger partial charge < -0.3 is 19.7 Å². The van der Waals surface area contributed by atoms with E-state index < -0.39 is 31.9 Å². The number of hydrogen-bond donors (Lipinski definition) is 4. The first-order chi connectivity index (χ1) is 7.13. The summed E-state index contributed by atoms with van der Waals surface area (Å²) in [6.07, 6.45) is -1.39. The van der Waals surface area contributed by atoms with E-state index in [1.807, 2.05) is 5.48 Å². The molecule has 0 aliphatic carbocycles. The molecule has 4 N–H and O–H groups in total. The SMILES string of the molecule is CC(=O)ON[C@H](C(=O)O)[C@@H](C)OP(=O)(O)O. The van der Waals surface area contributed by atoms with Gasteiger partial charge >= 0.3 is 19.8 Å². The molecule has 0 unspecified atom stereocenters. The second kappa shape index (κ2) is 5.92. The van der Waals surface area contributed by atoms with Crippen LogP contribution in [-0.2, 0) is 23.5 Å². The highest BCUT2D eigenvalue weighted by atomic mass is 31.2. The topological polar surface area (TPSA) is 142 Å². The molecule has 0 spiro atoms. The zero-order valence-electron chi connectivity index (χ0n) is 8.48. The van der Waals surface area contributed by atoms with Crippen LogP contribution in [0.4, 0.5) is 0 Å². The average Bonchev–Trinajstić information content (AvgIpc) is 1.98. The number of phosphoric ester groups is 1. The van der Waals surface area contributed by atoms with Crippen LogP contribution >= 0.6 is 7.82 Å². The molecule has 0 rings (SSSR count). The number of aliphatic carboxylic acids is 1. The van der Waals surface area contributed by atoms with E-state index in [9.17, 15) is 14.2 Å². The molecule has 9 nitrogen and oxygen atoms in total. The van der Waals surface area contributed by atoms with Gasteiger partial charge in [0.25, 0.3) is 0 Å². The second-order valence-corrected chi connectivity index (χ2v) is 4.02. The minimum atomic E-state index is -4.81. The van der Waals surface area contributed by atoms with E-state index in [-0.39, 0.29) is 0 Å². The summed E-state index contributed by atoms with van der Waals surface area (Å²) in [5.74, 6) is -2.28. The fourth-order valence-electron chi connectivity index (χ4n) is 0.771. The van der Waals surface area contributed by atoms with Crippen molar-refractivity contribution >= 4 is 19.8 Å². The summed E-state index contributed by atoms with van der Waals surface area (Å²) >= 11 is 0. The molecule has 0 amide bonds. The molecular weight excluding hydrogens is 245 g/mol. The van der Waals surface area contributed by atoms with E-state index in [1.165, 1.54) is 0 Å². The highest BCUT2D eigenvalue weighted by molar-refractivity contribution is 7.46. The van der Waals surface area contributed by atoms with Crippen LogP contribution in [0.15, 0.2) is 0 Å². The Morgan fingerprint density at radius 3 is 2.19 bits per heavy atom. The number of hydroxylamine groups is 1. The lowest BCUT2D eigenvalue weighted by Crippen LogP contribution is -2.46. The van der Waals surface area contributed by atoms with Crippen molar-refractivity contribution in [2.45, 2.75) is 26.0 Å². The first-order valence-corrected chi connectivity index (χ1v) is 5.56. The molecule has 0 aromatic heterocycles. The minimum Gasteiger partial charge on any atom is -0.480 e. The molecule has 0 saturated heterocycles. The van der Waals surface area contributed by atoms with Crippen LogP contribution in [0.25, 0.3) is 0 Å². The molecule has 0 aromatic rings. The quantitative estimate of drug-likeness (QED) is 0.348. The van der Waals surface area contributed by atoms with Gasteiger partial charge in [0.1, 0.15) is 0 Å². The van der Waals surface area contributed by atoms with Crippen molar-refractivity contribution in [3.63, 3.8) is 0 Å². The second-order valence-electron chi connectivity index (χ2n) is 2.83. The van der Waals surface area contributed by atoms with Gasteiger partial charge in [0, 0.05) is 6.92 Å². The van der Waals surface area contributed by atoms with Crippen molar-refractivity contribution in [1.29, 1.82) is 0 Å². The predicted molar refractivity (Wildman–Crippen MR) is 48.9 cm³/mol. The Morgan fingerprint density at radius 1 is 1.38 bits per heavy atom. The molecule has 0 saturated carbocycles. The maximum absolute atomic E-state index is 10.7. The summed E-state index contributed by atoms with van der Waals surface area (Å²) in [5, 5.41) is 8.67. The van der Waals surface area contributed by atoms with E-state index in [2.05, 4.69) is 9.36 Å². The van der Waals surface area contributed by atoms with Gasteiger partial charge in [-0.15, -0.1) is 5.48 Å². The Morgan fingerprint density at radius 2 is 1.88 bits per heavy atom. The first kappa shape index (κ1) is 15.0. The normalized spacial score (nSPS) is 15.2. The highest BCUT2D eigenvalue weighted by Crippen LogP contribution is 2.38. The Bertz CT molecular complexity index is 312. The van der Waals surface area contributed by atoms with E-state index in [1.54, 1.807) is 0 Å². The summed E-state index contributed by atoms with van der Waals surface area (Å²) in [6.45, 7) is 2.13. The molecular formula is C6H12NO8P. The molecule has 0 aliphatic heterocycles. The van der Waals surface area contributed by atoms with Gasteiger partial charge in [0.05, 0.1) is 6.10 Å². The van der Waals surface area contributed by atoms with Gasteiger partial charge in [0.2, 0.25) is 0 Å². The number of hydrogen-bond acceptors (Lipinski definition) is 6. The van der Waals surface area contributed by atoms with E-state index in [0.717, 1.165) is 13.8 Å². The summed E-state index contributed by atoms with van der Waals surface area (Å²) in [4.78, 5) is 42.2. The first-order valence-electron chi connectivity index (χ1n) is 4.03. The van der Waals surface area contributed by atoms with E-state index in [0.29, 0.717) is 0 Å². The van der Waals surface area contributed by atoms with Crippen molar-refractivity contribution in [3.8, 4) is 0 Å². The molecule has 0 aromatic carbocycles. The monoisotopic (exact) mass is 257 g/mol. The lowest BCUT2D eigenvalue weighted by atomic mass is 10.2. The molecule has 94 valence electrons. The van der Waals surface area contributed by atoms with Crippen molar-refractivity contribution in [2.24, 2.45) is 0 Å². The number of rotatable bonds is 6. The van der Waals surface area contributed by atoms with Gasteiger partial charge in [-0.3, -0.25) is 14.1 Å². The molecule has 0 fully saturated rings. The smallest absolute Gasteiger partial charge is 0.469 e. The predicted octanol–water partition coefficient (Wildman–Crippen LogP) is -0.995. The van der Waals surface area contributed by atoms with Crippen LogP contribution in [0.3, 0.4) is 0 Å². The third-order valence-corrected chi connectivity index (χ3v) is 1.98. The number of carbonyl (C=O) groups excluding carboxylic acids is 1. The summed E-state index contributed by atoms with van der Waals surface area (Å²) in [6, 6.07) is -1.59. The van der Waals surface area contributed by atoms with Crippen LogP contribution in [0.1, 0.15) is 13.8 Å². The lowest BCUT2D eigenvalue weighted by Gasteiger charge is -2.20. The van der Waals surface area contributed by atoms with Crippen molar-refractivity contribution < 1.29 is 38.4 Å². The zero-order chi connectivity index (χ0) is 12.9. The van der Waals surface area contributed by atoms with Gasteiger partial charge in [-0.05, 0) is 6.92 Å². The summed E-state index contributed by atoms with van der Waals surface area (Å²) in [5.41, 5.74) is 1.82. The average molecular weight is 257 g/mol. The van der Waals surface area contributed by atoms with Gasteiger partial charge in [0.15, 0.2) is 6.04 Å². The van der Waals surface area contributed by atoms with Crippen LogP contribution < -0.4 is 5.48 Å². The van der Waals surface area contributed by atoms with Gasteiger partial charge in [-0.1, -0.05) is 0 Å². The summed E-state index contributed by atoms with van der Waals surface area (Å²) in [7, 11) is -4.81. The Balaban J connectivity index is 4.47. The molecule has 0 radical (unpaired) electrons. The van der Waals surface area contributed by atoms with Crippen LogP contribution in [0.5, 0.6) is 0 Å². The number of carbonyl (C=O) groups is 2. The maximum Gasteiger partial charge on any atom is 0.469 e. The fraction of sp³-hybridized carbons (Fsp3) is 0.667. The number of phosphoric acid groups is 1. The highest BCUT2D eigenvalue weighted by Gasteiger charge is 2.31. The van der Waals surface area contributed by atoms with Crippen molar-refractivity contribution in [3.05, 3.63) is 0 Å². The minimum absolute atomic E-state index is 0.797. The van der Waals surface area contributed by atoms with Crippen LogP contribution in [0.2, 0.25) is 0 Å². The number of carboxylic acid groups (broad SMARTS) is 1. The van der Waals surface area contributed by atoms with Crippen molar-refractivity contribution in [2.75, 3.05) is 0 Å². The largest absolute Gasteiger partial charge is 0.480 e. The molecule has 16 heavy (non-hydrogen) atoms. The van der Waals surface area contributed by atoms with Gasteiger partial charge in [-0.2, -0.15) is 0 Å². The van der Waals surface area contributed by atoms with E-state index in [4.69, 9.17) is 14.9 Å². The third kappa shape index (κ3) is 6.49. The van der Waals surface area contributed by atoms with Crippen LogP contribution in [-0.4, -0.2) is 39.0 Å². The van der Waals surface area contributed by atoms with Crippen molar-refractivity contribution in [1.82, 2.24) is 5.48 Å². The fourth-order valence-corrected chi connectivity index (χ4v) is 1.33. The molecule has 0 heterocycles. The van der Waals surface area contributed by atoms with E-state index >= 15 is 0 Å². The summed E-state index contributed by atoms with van der Waals surface area (Å²) < 4.78 is 14.6. The van der Waals surface area contributed by atoms with Crippen LogP contribution in [0, 0.1) is 0 Å². The Hall–Kier alpha value is -0.990. The number of carboxylic acids is 1.